The van der Waals surface area contributed by atoms with Gasteiger partial charge in [-0.05, 0) is 74.8 Å². The molecule has 2 fully saturated rings. The summed E-state index contributed by atoms with van der Waals surface area (Å²) in [5.74, 6) is -1.02. The van der Waals surface area contributed by atoms with Gasteiger partial charge in [0.15, 0.2) is 0 Å². The number of ether oxygens (including phenoxy) is 2. The number of fused-ring (bicyclic) bond motifs is 1. The average Bonchev–Trinajstić information content (AvgIpc) is 3.68. The number of hydrogen-bond acceptors (Lipinski definition) is 6. The van der Waals surface area contributed by atoms with Crippen LogP contribution in [0.5, 0.6) is 0 Å². The van der Waals surface area contributed by atoms with Gasteiger partial charge in [-0.3, -0.25) is 9.59 Å². The van der Waals surface area contributed by atoms with Crippen molar-refractivity contribution in [2.75, 3.05) is 32.3 Å². The third kappa shape index (κ3) is 6.91. The number of rotatable bonds is 10. The number of esters is 1. The summed E-state index contributed by atoms with van der Waals surface area (Å²) in [6.07, 6.45) is 3.19. The first-order valence-corrected chi connectivity index (χ1v) is 15.1. The molecule has 10 heteroatoms. The number of nitrogens with zero attached hydrogens (tertiary/aromatic N) is 1. The topological polar surface area (TPSA) is 127 Å². The molecule has 230 valence electrons. The maximum atomic E-state index is 13.9. The first-order chi connectivity index (χ1) is 20.8. The second-order valence-corrected chi connectivity index (χ2v) is 11.8. The Labute approximate surface area is 251 Å². The second kappa shape index (κ2) is 13.7. The predicted molar refractivity (Wildman–Crippen MR) is 162 cm³/mol. The van der Waals surface area contributed by atoms with Gasteiger partial charge in [-0.25, -0.2) is 9.18 Å². The number of halogens is 1. The number of benzene rings is 2. The molecular formula is C33H41FN4O5. The highest BCUT2D eigenvalue weighted by atomic mass is 19.1. The molecule has 1 aliphatic heterocycles. The van der Waals surface area contributed by atoms with Crippen molar-refractivity contribution in [2.24, 2.45) is 17.6 Å². The van der Waals surface area contributed by atoms with E-state index in [9.17, 15) is 18.8 Å². The maximum Gasteiger partial charge on any atom is 0.354 e. The molecule has 0 radical (unpaired) electrons. The molecule has 2 amide bonds. The molecular weight excluding hydrogens is 551 g/mol. The van der Waals surface area contributed by atoms with E-state index in [0.29, 0.717) is 50.0 Å². The fourth-order valence-electron chi connectivity index (χ4n) is 6.44. The van der Waals surface area contributed by atoms with Gasteiger partial charge in [0.05, 0.1) is 6.10 Å². The lowest BCUT2D eigenvalue weighted by atomic mass is 9.78. The van der Waals surface area contributed by atoms with Crippen molar-refractivity contribution < 1.29 is 28.2 Å². The van der Waals surface area contributed by atoms with E-state index in [1.807, 2.05) is 37.3 Å². The minimum atomic E-state index is -0.670. The van der Waals surface area contributed by atoms with Crippen LogP contribution in [0.1, 0.15) is 61.0 Å². The standard InChI is InChI=1S/C33H41FN4O5/c1-20(42-2)19-43-33(41)29-17-24-16-25(12-13-28(24)37-29)36-31(39)30-26(21-6-4-3-5-7-21)14-15-38(30)32(40)23-10-8-22(9-11-23)27(35)18-34/h3-7,12-13,16-17,20,22-23,26-27,30,37H,8-11,14-15,18-19,35H2,1-2H3,(H,36,39)/t20-,22-,23-,26+,27+,30-/m0/s1. The Morgan fingerprint density at radius 1 is 1.07 bits per heavy atom. The number of nitrogens with one attached hydrogen (secondary N) is 2. The quantitative estimate of drug-likeness (QED) is 0.291. The lowest BCUT2D eigenvalue weighted by molar-refractivity contribution is -0.141. The zero-order valence-electron chi connectivity index (χ0n) is 24.8. The van der Waals surface area contributed by atoms with Gasteiger partial charge in [-0.15, -0.1) is 0 Å². The molecule has 5 rings (SSSR count). The van der Waals surface area contributed by atoms with Crippen LogP contribution < -0.4 is 11.1 Å². The number of nitrogens with two attached hydrogens (primary N) is 1. The van der Waals surface area contributed by atoms with Crippen LogP contribution in [0.25, 0.3) is 10.9 Å². The van der Waals surface area contributed by atoms with E-state index < -0.39 is 24.7 Å². The van der Waals surface area contributed by atoms with Crippen LogP contribution in [-0.4, -0.2) is 72.8 Å². The highest BCUT2D eigenvalue weighted by Crippen LogP contribution is 2.38. The third-order valence-electron chi connectivity index (χ3n) is 9.04. The largest absolute Gasteiger partial charge is 0.458 e. The lowest BCUT2D eigenvalue weighted by Gasteiger charge is -2.35. The monoisotopic (exact) mass is 592 g/mol. The van der Waals surface area contributed by atoms with E-state index in [0.717, 1.165) is 16.5 Å². The highest BCUT2D eigenvalue weighted by Gasteiger charge is 2.44. The van der Waals surface area contributed by atoms with Crippen molar-refractivity contribution in [3.05, 3.63) is 65.9 Å². The fourth-order valence-corrected chi connectivity index (χ4v) is 6.44. The molecule has 1 saturated heterocycles. The maximum absolute atomic E-state index is 13.9. The summed E-state index contributed by atoms with van der Waals surface area (Å²) in [5, 5.41) is 3.78. The summed E-state index contributed by atoms with van der Waals surface area (Å²) in [5.41, 5.74) is 8.55. The van der Waals surface area contributed by atoms with E-state index in [2.05, 4.69) is 10.3 Å². The molecule has 2 heterocycles. The number of aromatic nitrogens is 1. The Hall–Kier alpha value is -3.76. The Kier molecular flexibility index (Phi) is 9.77. The number of carbonyl (C=O) groups is 3. The zero-order chi connectivity index (χ0) is 30.5. The molecule has 9 nitrogen and oxygen atoms in total. The van der Waals surface area contributed by atoms with Gasteiger partial charge in [0.2, 0.25) is 11.8 Å². The van der Waals surface area contributed by atoms with Crippen molar-refractivity contribution in [2.45, 2.75) is 63.1 Å². The summed E-state index contributed by atoms with van der Waals surface area (Å²) in [6.45, 7) is 1.89. The first-order valence-electron chi connectivity index (χ1n) is 15.1. The van der Waals surface area contributed by atoms with E-state index in [4.69, 9.17) is 15.2 Å². The van der Waals surface area contributed by atoms with Crippen LogP contribution in [0.3, 0.4) is 0 Å². The average molecular weight is 593 g/mol. The van der Waals surface area contributed by atoms with Gasteiger partial charge in [0.1, 0.15) is 25.0 Å². The van der Waals surface area contributed by atoms with Crippen LogP contribution in [0, 0.1) is 11.8 Å². The number of hydrogen-bond donors (Lipinski definition) is 3. The van der Waals surface area contributed by atoms with Crippen molar-refractivity contribution in [3.8, 4) is 0 Å². The first kappa shape index (κ1) is 30.7. The fraction of sp³-hybridized carbons (Fsp3) is 0.485. The Bertz CT molecular complexity index is 1420. The van der Waals surface area contributed by atoms with Crippen LogP contribution in [0.2, 0.25) is 0 Å². The van der Waals surface area contributed by atoms with Gasteiger partial charge in [-0.1, -0.05) is 30.3 Å². The van der Waals surface area contributed by atoms with Gasteiger partial charge in [0.25, 0.3) is 0 Å². The molecule has 0 spiro atoms. The number of amides is 2. The predicted octanol–water partition coefficient (Wildman–Crippen LogP) is 4.79. The normalized spacial score (nSPS) is 23.6. The van der Waals surface area contributed by atoms with Crippen molar-refractivity contribution in [1.82, 2.24) is 9.88 Å². The molecule has 3 aromatic rings. The highest BCUT2D eigenvalue weighted by molar-refractivity contribution is 6.01. The number of carbonyl (C=O) groups excluding carboxylic acids is 3. The third-order valence-corrected chi connectivity index (χ3v) is 9.04. The Balaban J connectivity index is 1.32. The van der Waals surface area contributed by atoms with Crippen molar-refractivity contribution >= 4 is 34.4 Å². The summed E-state index contributed by atoms with van der Waals surface area (Å²) < 4.78 is 23.6. The summed E-state index contributed by atoms with van der Waals surface area (Å²) in [6, 6.07) is 15.7. The molecule has 1 aromatic heterocycles. The van der Waals surface area contributed by atoms with Gasteiger partial charge in [-0.2, -0.15) is 0 Å². The van der Waals surface area contributed by atoms with E-state index >= 15 is 0 Å². The van der Waals surface area contributed by atoms with Gasteiger partial charge in [0, 0.05) is 48.1 Å². The van der Waals surface area contributed by atoms with Crippen LogP contribution in [0.4, 0.5) is 10.1 Å². The molecule has 1 aliphatic carbocycles. The lowest BCUT2D eigenvalue weighted by Crippen LogP contribution is -2.48. The molecule has 1 saturated carbocycles. The van der Waals surface area contributed by atoms with Crippen LogP contribution >= 0.6 is 0 Å². The van der Waals surface area contributed by atoms with E-state index in [-0.39, 0.29) is 42.3 Å². The van der Waals surface area contributed by atoms with Gasteiger partial charge < -0.3 is 30.4 Å². The summed E-state index contributed by atoms with van der Waals surface area (Å²) >= 11 is 0. The second-order valence-electron chi connectivity index (χ2n) is 11.8. The minimum absolute atomic E-state index is 0.0158. The molecule has 4 N–H and O–H groups in total. The molecule has 2 aliphatic rings. The van der Waals surface area contributed by atoms with Crippen LogP contribution in [0.15, 0.2) is 54.6 Å². The number of likely N-dealkylation sites (tertiary alicyclic amines) is 1. The minimum Gasteiger partial charge on any atom is -0.458 e. The van der Waals surface area contributed by atoms with Crippen molar-refractivity contribution in [1.29, 1.82) is 0 Å². The van der Waals surface area contributed by atoms with Gasteiger partial charge >= 0.3 is 5.97 Å². The van der Waals surface area contributed by atoms with E-state index in [1.165, 1.54) is 0 Å². The Morgan fingerprint density at radius 2 is 1.81 bits per heavy atom. The smallest absolute Gasteiger partial charge is 0.354 e. The molecule has 0 bridgehead atoms. The molecule has 43 heavy (non-hydrogen) atoms. The van der Waals surface area contributed by atoms with E-state index in [1.54, 1.807) is 36.3 Å². The van der Waals surface area contributed by atoms with Crippen molar-refractivity contribution in [3.63, 3.8) is 0 Å². The number of methoxy groups -OCH3 is 1. The molecule has 4 atom stereocenters. The Morgan fingerprint density at radius 3 is 2.51 bits per heavy atom. The molecule has 2 aromatic carbocycles. The number of alkyl halides is 1. The summed E-state index contributed by atoms with van der Waals surface area (Å²) in [7, 11) is 1.55. The number of H-pyrrole nitrogens is 1. The number of anilines is 1. The number of aromatic amines is 1. The summed E-state index contributed by atoms with van der Waals surface area (Å²) in [4.78, 5) is 45.1. The van der Waals surface area contributed by atoms with Crippen LogP contribution in [-0.2, 0) is 19.1 Å². The molecule has 0 unspecified atom stereocenters. The zero-order valence-corrected chi connectivity index (χ0v) is 24.8. The SMILES string of the molecule is CO[C@@H](C)COC(=O)c1cc2cc(NC(=O)[C@@H]3[C@@H](c4ccccc4)CCN3C(=O)[C@H]3CC[C@H]([C@H](N)CF)CC3)ccc2[nH]1.